The smallest absolute Gasteiger partial charge is 0.273 e. The van der Waals surface area contributed by atoms with Crippen LogP contribution in [0.1, 0.15) is 32.4 Å². The number of aromatic nitrogens is 2. The number of imide groups is 1. The third kappa shape index (κ3) is 24.2. The van der Waals surface area contributed by atoms with Crippen LogP contribution in [0.2, 0.25) is 0 Å². The summed E-state index contributed by atoms with van der Waals surface area (Å²) in [6.07, 6.45) is 9.43. The second-order valence-corrected chi connectivity index (χ2v) is 18.0. The molecule has 0 saturated heterocycles. The molecule has 4 heterocycles. The number of hydrogen-bond donors (Lipinski definition) is 3. The van der Waals surface area contributed by atoms with Gasteiger partial charge in [-0.3, -0.25) is 38.9 Å². The Morgan fingerprint density at radius 1 is 0.699 bits per heavy atom. The van der Waals surface area contributed by atoms with Crippen molar-refractivity contribution in [2.24, 2.45) is 10.7 Å². The van der Waals surface area contributed by atoms with E-state index >= 15 is 0 Å². The van der Waals surface area contributed by atoms with Crippen LogP contribution in [0.25, 0.3) is 17.2 Å². The quantitative estimate of drug-likeness (QED) is 0.0485. The van der Waals surface area contributed by atoms with Crippen LogP contribution in [-0.4, -0.2) is 218 Å². The lowest BCUT2D eigenvalue weighted by Crippen LogP contribution is -2.41. The molecule has 0 fully saturated rings. The molecule has 2 aromatic rings. The molecule has 25 heteroatoms. The van der Waals surface area contributed by atoms with Crippen LogP contribution < -0.4 is 11.1 Å². The lowest BCUT2D eigenvalue weighted by Gasteiger charge is -2.21. The predicted molar refractivity (Wildman–Crippen MR) is 266 cm³/mol. The summed E-state index contributed by atoms with van der Waals surface area (Å²) in [4.78, 5) is 68.0. The van der Waals surface area contributed by atoms with Gasteiger partial charge in [0.05, 0.1) is 171 Å². The van der Waals surface area contributed by atoms with Crippen LogP contribution in [0, 0.1) is 4.78 Å². The summed E-state index contributed by atoms with van der Waals surface area (Å²) < 4.78 is 76.9. The summed E-state index contributed by atoms with van der Waals surface area (Å²) in [5.41, 5.74) is 8.81. The van der Waals surface area contributed by atoms with Crippen molar-refractivity contribution in [2.45, 2.75) is 31.6 Å². The molecular formula is C48H72N8O16S. The lowest BCUT2D eigenvalue weighted by atomic mass is 10.1. The topological polar surface area (TPSA) is 293 Å². The van der Waals surface area contributed by atoms with Crippen molar-refractivity contribution in [2.75, 3.05) is 164 Å². The fraction of sp³-hybridized carbons (Fsp3) is 0.604. The number of nitrogens with zero attached hydrogens (tertiary/aromatic N) is 5. The Balaban J connectivity index is 0.888. The number of rotatable bonds is 42. The number of aliphatic imine (C=N–C) groups is 1. The largest absolute Gasteiger partial charge is 0.387 e. The first-order valence-corrected chi connectivity index (χ1v) is 26.0. The van der Waals surface area contributed by atoms with E-state index in [1.165, 1.54) is 11.3 Å². The van der Waals surface area contributed by atoms with Gasteiger partial charge in [-0.15, -0.1) is 0 Å². The molecule has 0 bridgehead atoms. The average Bonchev–Trinajstić information content (AvgIpc) is 3.58. The van der Waals surface area contributed by atoms with Crippen molar-refractivity contribution in [3.05, 3.63) is 54.1 Å². The normalized spacial score (nSPS) is 14.2. The maximum atomic E-state index is 13.4. The maximum Gasteiger partial charge on any atom is 0.273 e. The molecule has 0 aromatic carbocycles. The molecule has 73 heavy (non-hydrogen) atoms. The molecular weight excluding hydrogens is 977 g/mol. The minimum absolute atomic E-state index is 0.0258. The van der Waals surface area contributed by atoms with Gasteiger partial charge in [-0.2, -0.15) is 0 Å². The monoisotopic (exact) mass is 1050 g/mol. The number of fused-ring (bicyclic) bond motifs is 1. The molecule has 1 unspecified atom stereocenters. The zero-order valence-corrected chi connectivity index (χ0v) is 42.8. The molecule has 0 radical (unpaired) electrons. The molecule has 0 spiro atoms. The zero-order valence-electron chi connectivity index (χ0n) is 42.0. The van der Waals surface area contributed by atoms with E-state index in [9.17, 15) is 23.4 Å². The van der Waals surface area contributed by atoms with E-state index in [1.807, 2.05) is 13.8 Å². The second-order valence-electron chi connectivity index (χ2n) is 15.8. The van der Waals surface area contributed by atoms with Crippen molar-refractivity contribution in [3.63, 3.8) is 0 Å². The standard InChI is InChI=1S/C48H72N8O16S/c1-3-8-56(72-4-2)48(60)38-31-42-43(54-44(49)33-38)32-40(35-53-42)39-30-41(36-51-34-39)73(50,61)29-28-71-27-26-70-25-24-69-23-22-68-21-20-67-19-18-66-17-16-65-15-14-64-13-12-63-11-10-62-9-7-52-45(57)37-55-46(58)5-6-47(55)59/h5-6,30-32,34-36,50H,3-4,7-29,33,37H2,1-2H3,(H2,49,54)(H,52,57). The van der Waals surface area contributed by atoms with Gasteiger partial charge in [-0.1, -0.05) is 6.92 Å². The van der Waals surface area contributed by atoms with Gasteiger partial charge in [0.25, 0.3) is 17.7 Å². The Hall–Kier alpha value is -5.16. The van der Waals surface area contributed by atoms with E-state index in [-0.39, 0.29) is 61.7 Å². The number of nitrogens with one attached hydrogen (secondary N) is 2. The third-order valence-electron chi connectivity index (χ3n) is 10.1. The highest BCUT2D eigenvalue weighted by Crippen LogP contribution is 2.31. The number of hydroxylamine groups is 2. The van der Waals surface area contributed by atoms with Crippen LogP contribution in [0.4, 0.5) is 5.69 Å². The summed E-state index contributed by atoms with van der Waals surface area (Å²) in [5, 5.41) is 3.92. The number of amidine groups is 1. The summed E-state index contributed by atoms with van der Waals surface area (Å²) in [7, 11) is -3.22. The van der Waals surface area contributed by atoms with Crippen molar-refractivity contribution < 1.29 is 75.6 Å². The highest BCUT2D eigenvalue weighted by atomic mass is 32.2. The molecule has 406 valence electrons. The fourth-order valence-corrected chi connectivity index (χ4v) is 7.63. The molecule has 2 aliphatic rings. The van der Waals surface area contributed by atoms with E-state index in [0.29, 0.717) is 154 Å². The second kappa shape index (κ2) is 35.9. The molecule has 4 rings (SSSR count). The van der Waals surface area contributed by atoms with Gasteiger partial charge >= 0.3 is 0 Å². The summed E-state index contributed by atoms with van der Waals surface area (Å²) >= 11 is 0. The first-order chi connectivity index (χ1) is 35.5. The van der Waals surface area contributed by atoms with E-state index in [1.54, 1.807) is 30.6 Å². The number of carbonyl (C=O) groups excluding carboxylic acids is 4. The van der Waals surface area contributed by atoms with Gasteiger partial charge in [-0.05, 0) is 31.6 Å². The van der Waals surface area contributed by atoms with Crippen molar-refractivity contribution >= 4 is 51.0 Å². The predicted octanol–water partition coefficient (Wildman–Crippen LogP) is 1.72. The third-order valence-corrected chi connectivity index (χ3v) is 11.8. The van der Waals surface area contributed by atoms with E-state index < -0.39 is 27.5 Å². The Labute approximate surface area is 427 Å². The molecule has 4 amide bonds. The fourth-order valence-electron chi connectivity index (χ4n) is 6.49. The summed E-state index contributed by atoms with van der Waals surface area (Å²) in [6, 6.07) is 3.42. The Morgan fingerprint density at radius 3 is 1.67 bits per heavy atom. The first kappa shape index (κ1) is 60.4. The molecule has 24 nitrogen and oxygen atoms in total. The number of hydrogen-bond acceptors (Lipinski definition) is 21. The number of pyridine rings is 2. The Bertz CT molecular complexity index is 2170. The van der Waals surface area contributed by atoms with Crippen molar-refractivity contribution in [3.8, 4) is 11.1 Å². The van der Waals surface area contributed by atoms with Gasteiger partial charge in [0.1, 0.15) is 12.4 Å². The van der Waals surface area contributed by atoms with Crippen LogP contribution in [0.3, 0.4) is 0 Å². The van der Waals surface area contributed by atoms with Crippen LogP contribution >= 0.6 is 0 Å². The highest BCUT2D eigenvalue weighted by Gasteiger charge is 2.26. The van der Waals surface area contributed by atoms with Gasteiger partial charge in [0.15, 0.2) is 0 Å². The van der Waals surface area contributed by atoms with Crippen molar-refractivity contribution in [1.82, 2.24) is 25.2 Å². The van der Waals surface area contributed by atoms with Crippen molar-refractivity contribution in [1.29, 1.82) is 4.78 Å². The van der Waals surface area contributed by atoms with Gasteiger partial charge < -0.3 is 58.4 Å². The number of carbonyl (C=O) groups is 4. The van der Waals surface area contributed by atoms with Gasteiger partial charge in [0.2, 0.25) is 5.91 Å². The van der Waals surface area contributed by atoms with Crippen LogP contribution in [0.15, 0.2) is 58.3 Å². The van der Waals surface area contributed by atoms with Crippen LogP contribution in [-0.2, 0) is 81.1 Å². The molecule has 4 N–H and O–H groups in total. The highest BCUT2D eigenvalue weighted by molar-refractivity contribution is 7.92. The average molecular weight is 1050 g/mol. The minimum Gasteiger partial charge on any atom is -0.387 e. The van der Waals surface area contributed by atoms with Gasteiger partial charge in [-0.25, -0.2) is 19.0 Å². The number of amides is 4. The number of nitrogens with two attached hydrogens (primary N) is 1. The van der Waals surface area contributed by atoms with Gasteiger partial charge in [0, 0.05) is 67.0 Å². The Kier molecular flexibility index (Phi) is 29.7. The van der Waals surface area contributed by atoms with Crippen LogP contribution in [0.5, 0.6) is 0 Å². The zero-order chi connectivity index (χ0) is 52.4. The molecule has 0 saturated carbocycles. The Morgan fingerprint density at radius 2 is 1.18 bits per heavy atom. The molecule has 0 aliphatic carbocycles. The molecule has 2 aromatic heterocycles. The van der Waals surface area contributed by atoms with E-state index in [2.05, 4.69) is 20.3 Å². The SMILES string of the molecule is CCCN(OCC)C(=O)C1=Cc2ncc(-c3cncc(S(=N)(=O)CCOCCOCCOCCOCCOCCOCCOCCOCCOCCOCCNC(=O)CN4C(=O)C=CC4=O)c3)cc2N=C(N)C1. The lowest BCUT2D eigenvalue weighted by molar-refractivity contribution is -0.180. The maximum absolute atomic E-state index is 13.4. The molecule has 2 aliphatic heterocycles. The summed E-state index contributed by atoms with van der Waals surface area (Å²) in [6.45, 7) is 12.0. The van der Waals surface area contributed by atoms with E-state index in [0.717, 1.165) is 23.5 Å². The minimum atomic E-state index is -3.22. The van der Waals surface area contributed by atoms with E-state index in [4.69, 9.17) is 62.7 Å². The summed E-state index contributed by atoms with van der Waals surface area (Å²) in [5.74, 6) is -1.50. The number of ether oxygens (including phenoxy) is 10. The molecule has 1 atom stereocenters. The first-order valence-electron chi connectivity index (χ1n) is 24.3.